The molecule has 0 N–H and O–H groups in total. The van der Waals surface area contributed by atoms with Crippen molar-refractivity contribution in [3.8, 4) is 0 Å². The second-order valence-corrected chi connectivity index (χ2v) is 14.9. The highest BCUT2D eigenvalue weighted by molar-refractivity contribution is 7.89. The molecular weight excluding hydrogens is 593 g/mol. The number of rotatable bonds is 10. The minimum Gasteiger partial charge on any atom is -0.353 e. The van der Waals surface area contributed by atoms with Crippen molar-refractivity contribution in [3.05, 3.63) is 42.1 Å². The molecule has 1 aromatic heterocycles. The fraction of sp³-hybridized carbons (Fsp3) is 0.636. The van der Waals surface area contributed by atoms with E-state index in [-0.39, 0.29) is 17.9 Å². The van der Waals surface area contributed by atoms with E-state index in [1.165, 1.54) is 12.1 Å². The molecule has 12 heteroatoms. The van der Waals surface area contributed by atoms with E-state index in [4.69, 9.17) is 0 Å². The third-order valence-electron chi connectivity index (χ3n) is 9.62. The Kier molecular flexibility index (Phi) is 10.7. The highest BCUT2D eigenvalue weighted by Gasteiger charge is 2.32. The average Bonchev–Trinajstić information content (AvgIpc) is 3.02. The van der Waals surface area contributed by atoms with Gasteiger partial charge in [0.05, 0.1) is 23.7 Å². The SMILES string of the molecule is CCN(C(=O)c1cc(F)ccc1N1CCN(CC2CCN(CC3CCC(/C=N/S(C)(=O)=O)CC3)CC2)c2ncncc21)C(C)C. The van der Waals surface area contributed by atoms with Gasteiger partial charge in [-0.1, -0.05) is 0 Å². The fourth-order valence-electron chi connectivity index (χ4n) is 7.18. The number of hydrogen-bond acceptors (Lipinski definition) is 8. The maximum Gasteiger partial charge on any atom is 0.256 e. The lowest BCUT2D eigenvalue weighted by atomic mass is 9.82. The van der Waals surface area contributed by atoms with Crippen LogP contribution >= 0.6 is 0 Å². The molecule has 10 nitrogen and oxygen atoms in total. The number of carbonyl (C=O) groups excluding carboxylic acids is 1. The lowest BCUT2D eigenvalue weighted by Crippen LogP contribution is -2.45. The molecule has 0 spiro atoms. The largest absolute Gasteiger partial charge is 0.353 e. The minimum atomic E-state index is -3.30. The Labute approximate surface area is 267 Å². The van der Waals surface area contributed by atoms with Crippen LogP contribution in [-0.2, 0) is 10.0 Å². The maximum atomic E-state index is 14.5. The summed E-state index contributed by atoms with van der Waals surface area (Å²) >= 11 is 0. The van der Waals surface area contributed by atoms with Gasteiger partial charge in [0.1, 0.15) is 17.8 Å². The lowest BCUT2D eigenvalue weighted by Gasteiger charge is -2.41. The molecule has 0 unspecified atom stereocenters. The number of piperidine rings is 1. The van der Waals surface area contributed by atoms with Gasteiger partial charge in [0.2, 0.25) is 10.0 Å². The first-order valence-electron chi connectivity index (χ1n) is 16.4. The van der Waals surface area contributed by atoms with E-state index in [9.17, 15) is 17.6 Å². The molecule has 0 atom stereocenters. The molecule has 246 valence electrons. The number of halogens is 1. The van der Waals surface area contributed by atoms with Crippen LogP contribution in [0.3, 0.4) is 0 Å². The zero-order valence-electron chi connectivity index (χ0n) is 27.1. The molecule has 1 aliphatic carbocycles. The van der Waals surface area contributed by atoms with Crippen molar-refractivity contribution in [2.75, 3.05) is 61.9 Å². The topological polar surface area (TPSA) is 102 Å². The van der Waals surface area contributed by atoms with Crippen LogP contribution in [0.1, 0.15) is 69.7 Å². The Hall–Kier alpha value is -3.12. The van der Waals surface area contributed by atoms with Crippen LogP contribution < -0.4 is 9.80 Å². The number of sulfonamides is 1. The lowest BCUT2D eigenvalue weighted by molar-refractivity contribution is 0.0717. The standard InChI is InChI=1S/C33H48FN7O3S/c1-5-40(24(2)3)33(42)29-18-28(34)10-11-30(29)41-17-16-39(32-31(41)20-35-23-36-32)22-27-12-14-38(15-13-27)21-26-8-6-25(7-9-26)19-37-45(4,43)44/h10-11,18-20,23-27H,5-9,12-17,21-22H2,1-4H3/b37-19+. The Morgan fingerprint density at radius 3 is 2.42 bits per heavy atom. The number of fused-ring (bicyclic) bond motifs is 1. The van der Waals surface area contributed by atoms with Gasteiger partial charge in [0, 0.05) is 45.0 Å². The number of anilines is 3. The molecule has 3 heterocycles. The van der Waals surface area contributed by atoms with Crippen LogP contribution in [0.4, 0.5) is 21.6 Å². The van der Waals surface area contributed by atoms with Crippen molar-refractivity contribution < 1.29 is 17.6 Å². The van der Waals surface area contributed by atoms with Gasteiger partial charge in [-0.2, -0.15) is 4.40 Å². The van der Waals surface area contributed by atoms with E-state index < -0.39 is 15.8 Å². The summed E-state index contributed by atoms with van der Waals surface area (Å²) < 4.78 is 40.9. The summed E-state index contributed by atoms with van der Waals surface area (Å²) in [6.45, 7) is 12.0. The fourth-order valence-corrected chi connectivity index (χ4v) is 7.58. The van der Waals surface area contributed by atoms with Gasteiger partial charge in [0.25, 0.3) is 5.91 Å². The number of likely N-dealkylation sites (tertiary alicyclic amines) is 1. The minimum absolute atomic E-state index is 0.00112. The van der Waals surface area contributed by atoms with Gasteiger partial charge in [-0.3, -0.25) is 4.79 Å². The molecule has 2 fully saturated rings. The summed E-state index contributed by atoms with van der Waals surface area (Å²) in [5.74, 6) is 1.75. The Bertz CT molecular complexity index is 1450. The predicted molar refractivity (Wildman–Crippen MR) is 177 cm³/mol. The first-order valence-corrected chi connectivity index (χ1v) is 18.3. The van der Waals surface area contributed by atoms with Gasteiger partial charge < -0.3 is 19.6 Å². The molecule has 0 radical (unpaired) electrons. The van der Waals surface area contributed by atoms with Gasteiger partial charge in [-0.05, 0) is 108 Å². The van der Waals surface area contributed by atoms with Crippen LogP contribution in [0, 0.1) is 23.6 Å². The van der Waals surface area contributed by atoms with Gasteiger partial charge >= 0.3 is 0 Å². The molecular formula is C33H48FN7O3S. The van der Waals surface area contributed by atoms with Crippen LogP contribution in [-0.4, -0.2) is 98.4 Å². The highest BCUT2D eigenvalue weighted by Crippen LogP contribution is 2.39. The molecule has 0 bridgehead atoms. The van der Waals surface area contributed by atoms with E-state index in [0.717, 1.165) is 89.0 Å². The molecule has 1 saturated carbocycles. The van der Waals surface area contributed by atoms with E-state index in [1.807, 2.05) is 20.8 Å². The number of aromatic nitrogens is 2. The number of carbonyl (C=O) groups is 1. The monoisotopic (exact) mass is 641 g/mol. The van der Waals surface area contributed by atoms with E-state index >= 15 is 0 Å². The average molecular weight is 642 g/mol. The normalized spacial score (nSPS) is 21.8. The zero-order valence-corrected chi connectivity index (χ0v) is 27.9. The van der Waals surface area contributed by atoms with Crippen molar-refractivity contribution in [2.45, 2.75) is 65.3 Å². The summed E-state index contributed by atoms with van der Waals surface area (Å²) in [6, 6.07) is 4.47. The van der Waals surface area contributed by atoms with Crippen molar-refractivity contribution in [2.24, 2.45) is 22.2 Å². The first-order chi connectivity index (χ1) is 21.5. The summed E-state index contributed by atoms with van der Waals surface area (Å²) in [5, 5.41) is 0. The Morgan fingerprint density at radius 2 is 1.76 bits per heavy atom. The molecule has 45 heavy (non-hydrogen) atoms. The van der Waals surface area contributed by atoms with Crippen LogP contribution in [0.2, 0.25) is 0 Å². The number of amides is 1. The third-order valence-corrected chi connectivity index (χ3v) is 10.1. The van der Waals surface area contributed by atoms with Crippen molar-refractivity contribution in [1.29, 1.82) is 0 Å². The number of hydrogen-bond donors (Lipinski definition) is 0. The summed E-state index contributed by atoms with van der Waals surface area (Å²) in [4.78, 5) is 31.4. The Balaban J connectivity index is 1.19. The smallest absolute Gasteiger partial charge is 0.256 e. The number of nitrogens with zero attached hydrogens (tertiary/aromatic N) is 7. The van der Waals surface area contributed by atoms with Gasteiger partial charge in [-0.25, -0.2) is 22.8 Å². The highest BCUT2D eigenvalue weighted by atomic mass is 32.2. The molecule has 1 aromatic carbocycles. The van der Waals surface area contributed by atoms with Crippen molar-refractivity contribution in [3.63, 3.8) is 0 Å². The molecule has 2 aliphatic heterocycles. The summed E-state index contributed by atoms with van der Waals surface area (Å²) in [6.07, 6.45) is 12.7. The quantitative estimate of drug-likeness (QED) is 0.335. The Morgan fingerprint density at radius 1 is 1.04 bits per heavy atom. The molecule has 2 aromatic rings. The molecule has 5 rings (SSSR count). The third kappa shape index (κ3) is 8.38. The van der Waals surface area contributed by atoms with Crippen LogP contribution in [0.25, 0.3) is 0 Å². The summed E-state index contributed by atoms with van der Waals surface area (Å²) in [5.41, 5.74) is 1.88. The second kappa shape index (κ2) is 14.5. The van der Waals surface area contributed by atoms with Crippen molar-refractivity contribution >= 4 is 39.3 Å². The van der Waals surface area contributed by atoms with Gasteiger partial charge in [0.15, 0.2) is 5.82 Å². The van der Waals surface area contributed by atoms with Crippen LogP contribution in [0.15, 0.2) is 35.1 Å². The predicted octanol–water partition coefficient (Wildman–Crippen LogP) is 4.99. The van der Waals surface area contributed by atoms with Crippen molar-refractivity contribution in [1.82, 2.24) is 19.8 Å². The number of benzene rings is 1. The molecule has 1 saturated heterocycles. The zero-order chi connectivity index (χ0) is 32.1. The molecule has 3 aliphatic rings. The first kappa shape index (κ1) is 33.2. The van der Waals surface area contributed by atoms with E-state index in [0.29, 0.717) is 36.2 Å². The van der Waals surface area contributed by atoms with E-state index in [2.05, 4.69) is 29.1 Å². The van der Waals surface area contributed by atoms with Gasteiger partial charge in [-0.15, -0.1) is 0 Å². The maximum absolute atomic E-state index is 14.5. The van der Waals surface area contributed by atoms with E-state index in [1.54, 1.807) is 29.7 Å². The summed E-state index contributed by atoms with van der Waals surface area (Å²) in [7, 11) is -3.30. The van der Waals surface area contributed by atoms with Crippen LogP contribution in [0.5, 0.6) is 0 Å². The second-order valence-electron chi connectivity index (χ2n) is 13.2. The molecule has 1 amide bonds.